The number of nitrogens with one attached hydrogen (secondary N) is 2. The number of ketones is 1. The van der Waals surface area contributed by atoms with E-state index in [1.165, 1.54) is 6.08 Å². The summed E-state index contributed by atoms with van der Waals surface area (Å²) in [5.74, 6) is -1.26. The lowest BCUT2D eigenvalue weighted by molar-refractivity contribution is -0.146. The Bertz CT molecular complexity index is 1270. The maximum Gasteiger partial charge on any atom is 0.278 e. The van der Waals surface area contributed by atoms with Crippen molar-refractivity contribution in [3.05, 3.63) is 82.7 Å². The normalized spacial score (nSPS) is 17.8. The van der Waals surface area contributed by atoms with Crippen molar-refractivity contribution in [2.75, 3.05) is 11.9 Å². The summed E-state index contributed by atoms with van der Waals surface area (Å²) in [6.45, 7) is 5.47. The fraction of sp³-hybridized carbons (Fsp3) is 0.231. The highest BCUT2D eigenvalue weighted by molar-refractivity contribution is 6.31. The highest BCUT2D eigenvalue weighted by atomic mass is 35.5. The fourth-order valence-corrected chi connectivity index (χ4v) is 4.09. The van der Waals surface area contributed by atoms with E-state index in [9.17, 15) is 19.2 Å². The highest BCUT2D eigenvalue weighted by Gasteiger charge is 2.41. The van der Waals surface area contributed by atoms with Gasteiger partial charge in [-0.05, 0) is 49.1 Å². The first kappa shape index (κ1) is 24.2. The molecule has 2 N–H and O–H groups in total. The Morgan fingerprint density at radius 1 is 1.23 bits per heavy atom. The van der Waals surface area contributed by atoms with Crippen molar-refractivity contribution in [3.8, 4) is 5.75 Å². The van der Waals surface area contributed by atoms with Crippen LogP contribution in [-0.4, -0.2) is 41.1 Å². The zero-order chi connectivity index (χ0) is 25.1. The Labute approximate surface area is 207 Å². The number of amides is 3. The van der Waals surface area contributed by atoms with Gasteiger partial charge in [0.25, 0.3) is 11.8 Å². The van der Waals surface area contributed by atoms with Gasteiger partial charge >= 0.3 is 0 Å². The number of carbonyl (C=O) groups is 4. The number of halogens is 1. The minimum Gasteiger partial charge on any atom is -0.486 e. The summed E-state index contributed by atoms with van der Waals surface area (Å²) in [5, 5.41) is 6.11. The summed E-state index contributed by atoms with van der Waals surface area (Å²) >= 11 is 6.12. The molecule has 0 bridgehead atoms. The Morgan fingerprint density at radius 2 is 2.03 bits per heavy atom. The highest BCUT2D eigenvalue weighted by Crippen LogP contribution is 2.25. The first-order valence-electron chi connectivity index (χ1n) is 11.1. The van der Waals surface area contributed by atoms with Gasteiger partial charge in [-0.1, -0.05) is 36.4 Å². The van der Waals surface area contributed by atoms with Gasteiger partial charge in [0.15, 0.2) is 5.78 Å². The molecule has 9 heteroatoms. The van der Waals surface area contributed by atoms with Gasteiger partial charge in [0.2, 0.25) is 5.91 Å². The van der Waals surface area contributed by atoms with Crippen LogP contribution in [-0.2, 0) is 25.6 Å². The lowest BCUT2D eigenvalue weighted by atomic mass is 10.0. The van der Waals surface area contributed by atoms with E-state index in [4.69, 9.17) is 16.3 Å². The Kier molecular flexibility index (Phi) is 7.02. The largest absolute Gasteiger partial charge is 0.486 e. The molecule has 2 aromatic carbocycles. The Balaban J connectivity index is 1.35. The zero-order valence-corrected chi connectivity index (χ0v) is 19.9. The summed E-state index contributed by atoms with van der Waals surface area (Å²) in [5.41, 5.74) is 2.86. The van der Waals surface area contributed by atoms with Crippen molar-refractivity contribution in [3.63, 3.8) is 0 Å². The van der Waals surface area contributed by atoms with E-state index in [2.05, 4.69) is 17.2 Å². The van der Waals surface area contributed by atoms with Crippen molar-refractivity contribution in [2.45, 2.75) is 32.2 Å². The molecule has 180 valence electrons. The van der Waals surface area contributed by atoms with Crippen LogP contribution < -0.4 is 15.4 Å². The van der Waals surface area contributed by atoms with Crippen LogP contribution in [0.4, 0.5) is 5.69 Å². The van der Waals surface area contributed by atoms with Gasteiger partial charge in [-0.15, -0.1) is 0 Å². The summed E-state index contributed by atoms with van der Waals surface area (Å²) in [6.07, 6.45) is 2.18. The molecule has 0 aliphatic carbocycles. The van der Waals surface area contributed by atoms with Gasteiger partial charge in [0.05, 0.1) is 0 Å². The average molecular weight is 494 g/mol. The number of Topliss-reactive ketones (excluding diaryl/α,β-unsaturated/α-hetero) is 1. The minimum atomic E-state index is -0.875. The van der Waals surface area contributed by atoms with Crippen LogP contribution >= 0.6 is 11.6 Å². The van der Waals surface area contributed by atoms with Crippen LogP contribution in [0.3, 0.4) is 0 Å². The lowest BCUT2D eigenvalue weighted by Gasteiger charge is -2.29. The number of imide groups is 1. The van der Waals surface area contributed by atoms with Gasteiger partial charge in [-0.25, -0.2) is 0 Å². The number of anilines is 1. The van der Waals surface area contributed by atoms with E-state index in [1.54, 1.807) is 30.3 Å². The molecule has 1 atom stereocenters. The molecule has 1 saturated heterocycles. The Hall–Kier alpha value is -3.91. The molecule has 35 heavy (non-hydrogen) atoms. The molecule has 4 rings (SSSR count). The monoisotopic (exact) mass is 493 g/mol. The number of nitrogens with zero attached hydrogens (tertiary/aromatic N) is 1. The molecule has 2 heterocycles. The zero-order valence-electron chi connectivity index (χ0n) is 19.1. The quantitative estimate of drug-likeness (QED) is 0.547. The van der Waals surface area contributed by atoms with E-state index in [1.807, 2.05) is 19.1 Å². The molecule has 0 radical (unpaired) electrons. The second-order valence-corrected chi connectivity index (χ2v) is 8.87. The second-order valence-electron chi connectivity index (χ2n) is 8.46. The molecule has 2 aliphatic rings. The summed E-state index contributed by atoms with van der Waals surface area (Å²) in [6, 6.07) is 11.3. The van der Waals surface area contributed by atoms with Gasteiger partial charge in [0, 0.05) is 35.0 Å². The van der Waals surface area contributed by atoms with Crippen molar-refractivity contribution in [1.82, 2.24) is 10.2 Å². The number of carbonyl (C=O) groups excluding carboxylic acids is 4. The second kappa shape index (κ2) is 10.1. The predicted octanol–water partition coefficient (Wildman–Crippen LogP) is 3.30. The molecule has 0 aromatic heterocycles. The van der Waals surface area contributed by atoms with Gasteiger partial charge < -0.3 is 15.4 Å². The minimum absolute atomic E-state index is 0.0525. The predicted molar refractivity (Wildman–Crippen MR) is 131 cm³/mol. The number of hydrogen-bond acceptors (Lipinski definition) is 6. The first-order chi connectivity index (χ1) is 16.7. The van der Waals surface area contributed by atoms with Gasteiger partial charge in [0.1, 0.15) is 24.1 Å². The summed E-state index contributed by atoms with van der Waals surface area (Å²) in [4.78, 5) is 50.9. The van der Waals surface area contributed by atoms with Crippen LogP contribution in [0.15, 0.2) is 66.5 Å². The van der Waals surface area contributed by atoms with Gasteiger partial charge in [-0.2, -0.15) is 0 Å². The fourth-order valence-electron chi connectivity index (χ4n) is 3.89. The third-order valence-corrected chi connectivity index (χ3v) is 6.15. The first-order valence-corrected chi connectivity index (χ1v) is 11.4. The number of piperidine rings is 1. The van der Waals surface area contributed by atoms with Gasteiger partial charge in [-0.3, -0.25) is 24.1 Å². The molecule has 0 spiro atoms. The number of rotatable bonds is 8. The van der Waals surface area contributed by atoms with Crippen LogP contribution in [0.25, 0.3) is 0 Å². The van der Waals surface area contributed by atoms with Crippen molar-refractivity contribution < 1.29 is 23.9 Å². The number of benzene rings is 2. The SMILES string of the molecule is C=C1CCC(N2C(=O)C=C(Nc3cccc(OCC(=O)Cc4ccc(C)c(Cl)c4)c3)C2=O)C(=O)N1. The molecular weight excluding hydrogens is 470 g/mol. The van der Waals surface area contributed by atoms with E-state index < -0.39 is 23.8 Å². The molecule has 1 fully saturated rings. The molecule has 2 aliphatic heterocycles. The average Bonchev–Trinajstić information content (AvgIpc) is 3.08. The van der Waals surface area contributed by atoms with E-state index in [0.717, 1.165) is 16.0 Å². The number of allylic oxidation sites excluding steroid dienone is 1. The topological polar surface area (TPSA) is 105 Å². The molecule has 3 amide bonds. The van der Waals surface area contributed by atoms with Crippen molar-refractivity contribution in [1.29, 1.82) is 0 Å². The molecule has 1 unspecified atom stereocenters. The summed E-state index contributed by atoms with van der Waals surface area (Å²) in [7, 11) is 0. The van der Waals surface area contributed by atoms with Crippen LogP contribution in [0.5, 0.6) is 5.75 Å². The molecule has 2 aromatic rings. The maximum atomic E-state index is 12.9. The van der Waals surface area contributed by atoms with E-state index >= 15 is 0 Å². The third-order valence-electron chi connectivity index (χ3n) is 5.74. The molecule has 0 saturated carbocycles. The van der Waals surface area contributed by atoms with Crippen LogP contribution in [0, 0.1) is 6.92 Å². The molecule has 8 nitrogen and oxygen atoms in total. The number of ether oxygens (including phenoxy) is 1. The van der Waals surface area contributed by atoms with Crippen molar-refractivity contribution >= 4 is 40.8 Å². The lowest BCUT2D eigenvalue weighted by Crippen LogP contribution is -2.52. The number of hydrogen-bond donors (Lipinski definition) is 2. The van der Waals surface area contributed by atoms with Crippen molar-refractivity contribution in [2.24, 2.45) is 0 Å². The smallest absolute Gasteiger partial charge is 0.278 e. The van der Waals surface area contributed by atoms with E-state index in [-0.39, 0.29) is 24.5 Å². The Morgan fingerprint density at radius 3 is 2.77 bits per heavy atom. The standard InChI is InChI=1S/C26H24ClN3O5/c1-15-6-8-17(11-21(15)27)10-19(31)14-35-20-5-3-4-18(12-20)29-22-13-24(32)30(26(22)34)23-9-7-16(2)28-25(23)33/h3-6,8,11-13,23,29H,2,7,9-10,14H2,1H3,(H,28,33). The van der Waals surface area contributed by atoms with Crippen LogP contribution in [0.1, 0.15) is 24.0 Å². The van der Waals surface area contributed by atoms with E-state index in [0.29, 0.717) is 35.0 Å². The van der Waals surface area contributed by atoms with Crippen LogP contribution in [0.2, 0.25) is 5.02 Å². The molecular formula is C26H24ClN3O5. The maximum absolute atomic E-state index is 12.9. The summed E-state index contributed by atoms with van der Waals surface area (Å²) < 4.78 is 5.62. The third kappa shape index (κ3) is 5.60. The number of aryl methyl sites for hydroxylation is 1.